The number of aromatic nitrogens is 3. The van der Waals surface area contributed by atoms with Crippen molar-refractivity contribution in [3.63, 3.8) is 0 Å². The summed E-state index contributed by atoms with van der Waals surface area (Å²) < 4.78 is 15.2. The van der Waals surface area contributed by atoms with Crippen molar-refractivity contribution < 1.29 is 9.50 Å². The number of hydrogen-bond donors (Lipinski definition) is 1. The lowest BCUT2D eigenvalue weighted by Crippen LogP contribution is -2.15. The van der Waals surface area contributed by atoms with Crippen molar-refractivity contribution in [2.24, 2.45) is 0 Å². The van der Waals surface area contributed by atoms with Gasteiger partial charge in [0.05, 0.1) is 6.20 Å². The molecule has 0 aliphatic rings. The molecule has 0 radical (unpaired) electrons. The van der Waals surface area contributed by atoms with Gasteiger partial charge < -0.3 is 5.11 Å². The summed E-state index contributed by atoms with van der Waals surface area (Å²) in [4.78, 5) is 0. The summed E-state index contributed by atoms with van der Waals surface area (Å²) >= 11 is 0. The van der Waals surface area contributed by atoms with E-state index in [9.17, 15) is 9.50 Å². The first kappa shape index (κ1) is 11.7. The van der Waals surface area contributed by atoms with E-state index in [1.54, 1.807) is 39.0 Å². The smallest absolute Gasteiger partial charge is 0.151 e. The van der Waals surface area contributed by atoms with Gasteiger partial charge in [0.25, 0.3) is 0 Å². The Balaban J connectivity index is 2.48. The highest BCUT2D eigenvalue weighted by Gasteiger charge is 2.21. The van der Waals surface area contributed by atoms with Gasteiger partial charge in [0.2, 0.25) is 0 Å². The largest absolute Gasteiger partial charge is 0.384 e. The molecular formula is C12H14FN3O. The summed E-state index contributed by atoms with van der Waals surface area (Å²) in [6, 6.07) is 5.05. The highest BCUT2D eigenvalue weighted by Crippen LogP contribution is 2.20. The van der Waals surface area contributed by atoms with Crippen LogP contribution in [0.15, 0.2) is 24.4 Å². The molecule has 0 bridgehead atoms. The maximum Gasteiger partial charge on any atom is 0.151 e. The predicted octanol–water partition coefficient (Wildman–Crippen LogP) is 1.94. The van der Waals surface area contributed by atoms with Gasteiger partial charge in [-0.25, -0.2) is 9.07 Å². The Morgan fingerprint density at radius 3 is 2.65 bits per heavy atom. The zero-order valence-corrected chi connectivity index (χ0v) is 9.98. The van der Waals surface area contributed by atoms with Crippen LogP contribution in [0.1, 0.15) is 25.1 Å². The molecule has 0 atom stereocenters. The molecule has 0 unspecified atom stereocenters. The molecule has 1 heterocycles. The molecule has 2 aromatic rings. The standard InChI is InChI=1S/C12H14FN3O/c1-8-5-4-6-9(11(8)13)16-7-10(14-15-16)12(2,3)17/h4-7,17H,1-3H3. The van der Waals surface area contributed by atoms with Gasteiger partial charge in [0, 0.05) is 0 Å². The monoisotopic (exact) mass is 235 g/mol. The fourth-order valence-corrected chi connectivity index (χ4v) is 1.47. The van der Waals surface area contributed by atoms with E-state index in [1.807, 2.05) is 0 Å². The Bertz CT molecular complexity index is 543. The van der Waals surface area contributed by atoms with Crippen LogP contribution in [0.25, 0.3) is 5.69 Å². The summed E-state index contributed by atoms with van der Waals surface area (Å²) in [7, 11) is 0. The van der Waals surface area contributed by atoms with Gasteiger partial charge in [-0.2, -0.15) is 0 Å². The Morgan fingerprint density at radius 1 is 1.35 bits per heavy atom. The van der Waals surface area contributed by atoms with Crippen LogP contribution in [-0.2, 0) is 5.60 Å². The normalized spacial score (nSPS) is 11.8. The zero-order valence-electron chi connectivity index (χ0n) is 9.98. The number of aryl methyl sites for hydroxylation is 1. The average Bonchev–Trinajstić information content (AvgIpc) is 2.70. The molecule has 2 rings (SSSR count). The summed E-state index contributed by atoms with van der Waals surface area (Å²) in [5.74, 6) is -0.334. The van der Waals surface area contributed by atoms with E-state index in [4.69, 9.17) is 0 Å². The third-order valence-corrected chi connectivity index (χ3v) is 2.54. The van der Waals surface area contributed by atoms with Gasteiger partial charge in [0.15, 0.2) is 5.82 Å². The van der Waals surface area contributed by atoms with Crippen LogP contribution in [0.4, 0.5) is 4.39 Å². The van der Waals surface area contributed by atoms with Crippen molar-refractivity contribution in [2.45, 2.75) is 26.4 Å². The third-order valence-electron chi connectivity index (χ3n) is 2.54. The molecule has 0 amide bonds. The lowest BCUT2D eigenvalue weighted by molar-refractivity contribution is 0.0737. The molecule has 90 valence electrons. The fraction of sp³-hybridized carbons (Fsp3) is 0.333. The van der Waals surface area contributed by atoms with Gasteiger partial charge in [-0.1, -0.05) is 17.3 Å². The van der Waals surface area contributed by atoms with E-state index in [0.717, 1.165) is 0 Å². The molecule has 0 aliphatic carbocycles. The average molecular weight is 235 g/mol. The number of benzene rings is 1. The van der Waals surface area contributed by atoms with Crippen LogP contribution < -0.4 is 0 Å². The van der Waals surface area contributed by atoms with Crippen LogP contribution in [-0.4, -0.2) is 20.1 Å². The van der Waals surface area contributed by atoms with E-state index in [2.05, 4.69) is 10.3 Å². The van der Waals surface area contributed by atoms with Gasteiger partial charge in [-0.15, -0.1) is 5.10 Å². The number of halogens is 1. The lowest BCUT2D eigenvalue weighted by atomic mass is 10.1. The van der Waals surface area contributed by atoms with Gasteiger partial charge >= 0.3 is 0 Å². The number of rotatable bonds is 2. The van der Waals surface area contributed by atoms with E-state index < -0.39 is 5.60 Å². The number of hydrogen-bond acceptors (Lipinski definition) is 3. The Kier molecular flexibility index (Phi) is 2.71. The molecule has 17 heavy (non-hydrogen) atoms. The quantitative estimate of drug-likeness (QED) is 0.865. The summed E-state index contributed by atoms with van der Waals surface area (Å²) in [5.41, 5.74) is 0.188. The maximum absolute atomic E-state index is 13.8. The minimum absolute atomic E-state index is 0.327. The minimum atomic E-state index is -1.08. The molecule has 5 heteroatoms. The van der Waals surface area contributed by atoms with E-state index >= 15 is 0 Å². The van der Waals surface area contributed by atoms with Crippen molar-refractivity contribution in [3.05, 3.63) is 41.5 Å². The maximum atomic E-state index is 13.8. The van der Waals surface area contributed by atoms with Crippen molar-refractivity contribution in [1.82, 2.24) is 15.0 Å². The highest BCUT2D eigenvalue weighted by molar-refractivity contribution is 5.36. The Hall–Kier alpha value is -1.75. The van der Waals surface area contributed by atoms with Crippen molar-refractivity contribution >= 4 is 0 Å². The highest BCUT2D eigenvalue weighted by atomic mass is 19.1. The van der Waals surface area contributed by atoms with Crippen LogP contribution in [0.5, 0.6) is 0 Å². The second-order valence-corrected chi connectivity index (χ2v) is 4.52. The van der Waals surface area contributed by atoms with E-state index in [-0.39, 0.29) is 5.82 Å². The molecule has 0 saturated carbocycles. The fourth-order valence-electron chi connectivity index (χ4n) is 1.47. The summed E-state index contributed by atoms with van der Waals surface area (Å²) in [5, 5.41) is 17.4. The molecule has 0 fully saturated rings. The topological polar surface area (TPSA) is 50.9 Å². The van der Waals surface area contributed by atoms with Crippen LogP contribution in [0.3, 0.4) is 0 Å². The second-order valence-electron chi connectivity index (χ2n) is 4.52. The molecule has 1 N–H and O–H groups in total. The minimum Gasteiger partial charge on any atom is -0.384 e. The van der Waals surface area contributed by atoms with Crippen molar-refractivity contribution in [1.29, 1.82) is 0 Å². The first-order chi connectivity index (χ1) is 7.89. The molecule has 0 saturated heterocycles. The molecule has 0 aliphatic heterocycles. The SMILES string of the molecule is Cc1cccc(-n2cc(C(C)(C)O)nn2)c1F. The molecule has 1 aromatic carbocycles. The van der Waals surface area contributed by atoms with Crippen molar-refractivity contribution in [2.75, 3.05) is 0 Å². The first-order valence-corrected chi connectivity index (χ1v) is 5.30. The van der Waals surface area contributed by atoms with Gasteiger partial charge in [0.1, 0.15) is 17.0 Å². The number of aliphatic hydroxyl groups is 1. The van der Waals surface area contributed by atoms with Crippen LogP contribution >= 0.6 is 0 Å². The molecule has 0 spiro atoms. The molecule has 4 nitrogen and oxygen atoms in total. The Labute approximate surface area is 98.7 Å². The number of nitrogens with zero attached hydrogens (tertiary/aromatic N) is 3. The van der Waals surface area contributed by atoms with E-state index in [1.165, 1.54) is 10.9 Å². The zero-order chi connectivity index (χ0) is 12.6. The Morgan fingerprint density at radius 2 is 2.06 bits per heavy atom. The molecule has 1 aromatic heterocycles. The second kappa shape index (κ2) is 3.92. The predicted molar refractivity (Wildman–Crippen MR) is 61.3 cm³/mol. The van der Waals surface area contributed by atoms with Crippen LogP contribution in [0.2, 0.25) is 0 Å². The first-order valence-electron chi connectivity index (χ1n) is 5.30. The summed E-state index contributed by atoms with van der Waals surface area (Å²) in [6.07, 6.45) is 1.53. The third kappa shape index (κ3) is 2.19. The van der Waals surface area contributed by atoms with Crippen LogP contribution in [0, 0.1) is 12.7 Å². The molecular weight excluding hydrogens is 221 g/mol. The van der Waals surface area contributed by atoms with Crippen molar-refractivity contribution in [3.8, 4) is 5.69 Å². The summed E-state index contributed by atoms with van der Waals surface area (Å²) in [6.45, 7) is 4.90. The lowest BCUT2D eigenvalue weighted by Gasteiger charge is -2.11. The van der Waals surface area contributed by atoms with Gasteiger partial charge in [-0.05, 0) is 32.4 Å². The van der Waals surface area contributed by atoms with E-state index in [0.29, 0.717) is 16.9 Å². The van der Waals surface area contributed by atoms with Gasteiger partial charge in [-0.3, -0.25) is 0 Å².